The third-order valence-electron chi connectivity index (χ3n) is 4.50. The summed E-state index contributed by atoms with van der Waals surface area (Å²) in [5, 5.41) is 0.548. The Labute approximate surface area is 141 Å². The van der Waals surface area contributed by atoms with E-state index in [-0.39, 0.29) is 18.0 Å². The van der Waals surface area contributed by atoms with Crippen LogP contribution in [-0.2, 0) is 0 Å². The summed E-state index contributed by atoms with van der Waals surface area (Å²) in [6.07, 6.45) is 3.23. The Morgan fingerprint density at radius 3 is 2.61 bits per heavy atom. The van der Waals surface area contributed by atoms with Gasteiger partial charge in [-0.25, -0.2) is 0 Å². The summed E-state index contributed by atoms with van der Waals surface area (Å²) in [5.41, 5.74) is 7.11. The Morgan fingerprint density at radius 2 is 1.91 bits per heavy atom. The van der Waals surface area contributed by atoms with Gasteiger partial charge in [0.05, 0.1) is 5.02 Å². The molecule has 2 heterocycles. The Balaban J connectivity index is 1.89. The van der Waals surface area contributed by atoms with Gasteiger partial charge in [0.15, 0.2) is 5.76 Å². The molecule has 0 bridgehead atoms. The summed E-state index contributed by atoms with van der Waals surface area (Å²) in [7, 11) is 0. The van der Waals surface area contributed by atoms with Gasteiger partial charge in [-0.3, -0.25) is 4.79 Å². The van der Waals surface area contributed by atoms with Gasteiger partial charge in [0.25, 0.3) is 5.91 Å². The van der Waals surface area contributed by atoms with E-state index in [1.54, 1.807) is 30.3 Å². The zero-order chi connectivity index (χ0) is 16.6. The second-order valence-electron chi connectivity index (χ2n) is 6.24. The predicted octanol–water partition coefficient (Wildman–Crippen LogP) is 4.59. The molecular formula is C18H21ClN2O2. The van der Waals surface area contributed by atoms with Crippen LogP contribution < -0.4 is 5.73 Å². The molecule has 0 unspecified atom stereocenters. The SMILES string of the molecule is C[C@H]1CCC[C@H](C)N1C(=O)c1ccc(-c2cc(N)ccc2Cl)o1. The number of hydrogen-bond donors (Lipinski definition) is 1. The number of benzene rings is 1. The van der Waals surface area contributed by atoms with Crippen LogP contribution in [0.3, 0.4) is 0 Å². The van der Waals surface area contributed by atoms with Crippen LogP contribution in [0.1, 0.15) is 43.7 Å². The zero-order valence-corrected chi connectivity index (χ0v) is 14.1. The van der Waals surface area contributed by atoms with Crippen molar-refractivity contribution in [1.82, 2.24) is 4.90 Å². The lowest BCUT2D eigenvalue weighted by Crippen LogP contribution is -2.47. The molecule has 3 rings (SSSR count). The van der Waals surface area contributed by atoms with Gasteiger partial charge in [0.1, 0.15) is 5.76 Å². The van der Waals surface area contributed by atoms with Crippen molar-refractivity contribution < 1.29 is 9.21 Å². The van der Waals surface area contributed by atoms with Crippen molar-refractivity contribution in [2.45, 2.75) is 45.2 Å². The molecule has 0 spiro atoms. The van der Waals surface area contributed by atoms with Gasteiger partial charge < -0.3 is 15.1 Å². The molecule has 0 aliphatic carbocycles. The maximum atomic E-state index is 12.8. The lowest BCUT2D eigenvalue weighted by Gasteiger charge is -2.38. The summed E-state index contributed by atoms with van der Waals surface area (Å²) in [5.74, 6) is 0.845. The Hall–Kier alpha value is -1.94. The van der Waals surface area contributed by atoms with Crippen LogP contribution >= 0.6 is 11.6 Å². The minimum Gasteiger partial charge on any atom is -0.451 e. The number of piperidine rings is 1. The number of rotatable bonds is 2. The molecule has 1 aliphatic heterocycles. The number of nitrogens with zero attached hydrogens (tertiary/aromatic N) is 1. The molecule has 0 radical (unpaired) electrons. The summed E-state index contributed by atoms with van der Waals surface area (Å²) in [6, 6.07) is 9.16. The van der Waals surface area contributed by atoms with Crippen LogP contribution in [0.2, 0.25) is 5.02 Å². The van der Waals surface area contributed by atoms with E-state index >= 15 is 0 Å². The minimum absolute atomic E-state index is 0.0593. The highest BCUT2D eigenvalue weighted by atomic mass is 35.5. The average molecular weight is 333 g/mol. The largest absolute Gasteiger partial charge is 0.451 e. The van der Waals surface area contributed by atoms with E-state index in [0.29, 0.717) is 27.8 Å². The molecule has 23 heavy (non-hydrogen) atoms. The third-order valence-corrected chi connectivity index (χ3v) is 4.83. The number of nitrogens with two attached hydrogens (primary N) is 1. The summed E-state index contributed by atoms with van der Waals surface area (Å²) < 4.78 is 5.79. The lowest BCUT2D eigenvalue weighted by molar-refractivity contribution is 0.0479. The summed E-state index contributed by atoms with van der Waals surface area (Å²) in [6.45, 7) is 4.18. The fourth-order valence-electron chi connectivity index (χ4n) is 3.28. The van der Waals surface area contributed by atoms with E-state index in [1.165, 1.54) is 0 Å². The quantitative estimate of drug-likeness (QED) is 0.818. The Morgan fingerprint density at radius 1 is 1.22 bits per heavy atom. The van der Waals surface area contributed by atoms with E-state index in [2.05, 4.69) is 13.8 Å². The normalized spacial score (nSPS) is 21.4. The van der Waals surface area contributed by atoms with E-state index in [1.807, 2.05) is 4.90 Å². The summed E-state index contributed by atoms with van der Waals surface area (Å²) >= 11 is 6.20. The molecule has 1 aromatic heterocycles. The molecule has 0 saturated carbocycles. The highest BCUT2D eigenvalue weighted by Crippen LogP contribution is 2.32. The number of halogens is 1. The maximum absolute atomic E-state index is 12.8. The molecule has 4 nitrogen and oxygen atoms in total. The minimum atomic E-state index is -0.0593. The van der Waals surface area contributed by atoms with Crippen molar-refractivity contribution >= 4 is 23.2 Å². The number of hydrogen-bond acceptors (Lipinski definition) is 3. The number of furan rings is 1. The molecule has 5 heteroatoms. The first-order chi connectivity index (χ1) is 11.0. The third kappa shape index (κ3) is 3.08. The number of amides is 1. The van der Waals surface area contributed by atoms with Crippen molar-refractivity contribution in [3.8, 4) is 11.3 Å². The molecule has 1 amide bonds. The van der Waals surface area contributed by atoms with E-state index in [9.17, 15) is 4.79 Å². The second kappa shape index (κ2) is 6.28. The highest BCUT2D eigenvalue weighted by Gasteiger charge is 2.31. The standard InChI is InChI=1S/C18H21ClN2O2/c1-11-4-3-5-12(2)21(11)18(22)17-9-8-16(23-17)14-10-13(20)6-7-15(14)19/h6-12H,3-5,20H2,1-2H3/t11-,12-/m0/s1. The molecule has 1 aliphatic rings. The molecule has 1 aromatic carbocycles. The van der Waals surface area contributed by atoms with Gasteiger partial charge in [-0.15, -0.1) is 0 Å². The van der Waals surface area contributed by atoms with Crippen molar-refractivity contribution in [3.05, 3.63) is 41.1 Å². The van der Waals surface area contributed by atoms with Gasteiger partial charge in [-0.1, -0.05) is 11.6 Å². The van der Waals surface area contributed by atoms with Gasteiger partial charge in [0.2, 0.25) is 0 Å². The van der Waals surface area contributed by atoms with Crippen LogP contribution in [0.4, 0.5) is 5.69 Å². The number of carbonyl (C=O) groups is 1. The second-order valence-corrected chi connectivity index (χ2v) is 6.65. The van der Waals surface area contributed by atoms with Crippen LogP contribution in [0, 0.1) is 0 Å². The van der Waals surface area contributed by atoms with E-state index < -0.39 is 0 Å². The predicted molar refractivity (Wildman–Crippen MR) is 92.5 cm³/mol. The Kier molecular flexibility index (Phi) is 4.35. The van der Waals surface area contributed by atoms with Gasteiger partial charge in [0, 0.05) is 23.3 Å². The highest BCUT2D eigenvalue weighted by molar-refractivity contribution is 6.33. The number of nitrogen functional groups attached to an aromatic ring is 1. The topological polar surface area (TPSA) is 59.5 Å². The van der Waals surface area contributed by atoms with Crippen molar-refractivity contribution in [3.63, 3.8) is 0 Å². The first kappa shape index (κ1) is 15.9. The van der Waals surface area contributed by atoms with E-state index in [4.69, 9.17) is 21.8 Å². The molecular weight excluding hydrogens is 312 g/mol. The van der Waals surface area contributed by atoms with Crippen LogP contribution in [0.5, 0.6) is 0 Å². The molecule has 122 valence electrons. The van der Waals surface area contributed by atoms with Gasteiger partial charge in [-0.2, -0.15) is 0 Å². The fourth-order valence-corrected chi connectivity index (χ4v) is 3.49. The van der Waals surface area contributed by atoms with Gasteiger partial charge >= 0.3 is 0 Å². The maximum Gasteiger partial charge on any atom is 0.290 e. The van der Waals surface area contributed by atoms with Crippen LogP contribution in [-0.4, -0.2) is 22.9 Å². The lowest BCUT2D eigenvalue weighted by atomic mass is 9.97. The molecule has 1 fully saturated rings. The van der Waals surface area contributed by atoms with Crippen molar-refractivity contribution in [2.75, 3.05) is 5.73 Å². The first-order valence-electron chi connectivity index (χ1n) is 7.95. The smallest absolute Gasteiger partial charge is 0.290 e. The monoisotopic (exact) mass is 332 g/mol. The summed E-state index contributed by atoms with van der Waals surface area (Å²) in [4.78, 5) is 14.7. The van der Waals surface area contributed by atoms with Crippen LogP contribution in [0.15, 0.2) is 34.7 Å². The number of likely N-dealkylation sites (tertiary alicyclic amines) is 1. The van der Waals surface area contributed by atoms with Crippen LogP contribution in [0.25, 0.3) is 11.3 Å². The fraction of sp³-hybridized carbons (Fsp3) is 0.389. The number of carbonyl (C=O) groups excluding carboxylic acids is 1. The zero-order valence-electron chi connectivity index (χ0n) is 13.4. The molecule has 2 atom stereocenters. The molecule has 1 saturated heterocycles. The van der Waals surface area contributed by atoms with Crippen molar-refractivity contribution in [2.24, 2.45) is 0 Å². The molecule has 2 N–H and O–H groups in total. The van der Waals surface area contributed by atoms with Crippen molar-refractivity contribution in [1.29, 1.82) is 0 Å². The first-order valence-corrected chi connectivity index (χ1v) is 8.33. The van der Waals surface area contributed by atoms with E-state index in [0.717, 1.165) is 19.3 Å². The van der Waals surface area contributed by atoms with Gasteiger partial charge in [-0.05, 0) is 63.4 Å². The Bertz CT molecular complexity index is 716. The average Bonchev–Trinajstić information content (AvgIpc) is 2.99. The number of anilines is 1. The molecule has 2 aromatic rings.